The molecule has 1 aliphatic heterocycles. The number of imide groups is 1. The van der Waals surface area contributed by atoms with E-state index in [4.69, 9.17) is 0 Å². The molecule has 2 bridgehead atoms. The summed E-state index contributed by atoms with van der Waals surface area (Å²) in [6.45, 7) is 4.08. The van der Waals surface area contributed by atoms with E-state index in [0.717, 1.165) is 29.8 Å². The lowest BCUT2D eigenvalue weighted by atomic mass is 9.85. The second-order valence-electron chi connectivity index (χ2n) is 8.87. The molecule has 2 fully saturated rings. The van der Waals surface area contributed by atoms with Gasteiger partial charge in [-0.1, -0.05) is 36.4 Å². The third-order valence-electron chi connectivity index (χ3n) is 6.84. The molecule has 0 radical (unpaired) electrons. The van der Waals surface area contributed by atoms with E-state index in [2.05, 4.69) is 38.8 Å². The SMILES string of the molecule is CCNC(=NCc1cccc(-c2ccccn2)c1)NCCN1C(=O)C2C3C=CC(C3)C2C1=O. The van der Waals surface area contributed by atoms with Crippen LogP contribution >= 0.6 is 0 Å². The lowest BCUT2D eigenvalue weighted by Crippen LogP contribution is -2.43. The number of amides is 2. The zero-order valence-electron chi connectivity index (χ0n) is 18.8. The molecule has 4 unspecified atom stereocenters. The van der Waals surface area contributed by atoms with Crippen molar-refractivity contribution in [2.45, 2.75) is 19.9 Å². The first-order valence-electron chi connectivity index (χ1n) is 11.7. The van der Waals surface area contributed by atoms with Crippen molar-refractivity contribution in [1.82, 2.24) is 20.5 Å². The summed E-state index contributed by atoms with van der Waals surface area (Å²) in [4.78, 5) is 36.2. The molecule has 2 aliphatic carbocycles. The highest BCUT2D eigenvalue weighted by Gasteiger charge is 2.58. The second kappa shape index (κ2) is 9.17. The number of rotatable bonds is 7. The van der Waals surface area contributed by atoms with Gasteiger partial charge in [0, 0.05) is 31.4 Å². The summed E-state index contributed by atoms with van der Waals surface area (Å²) < 4.78 is 0. The number of benzene rings is 1. The summed E-state index contributed by atoms with van der Waals surface area (Å²) in [6.07, 6.45) is 6.99. The monoisotopic (exact) mass is 443 g/mol. The minimum Gasteiger partial charge on any atom is -0.357 e. The molecule has 3 aliphatic rings. The fourth-order valence-corrected chi connectivity index (χ4v) is 5.35. The van der Waals surface area contributed by atoms with Crippen LogP contribution in [0.15, 0.2) is 65.8 Å². The van der Waals surface area contributed by atoms with Gasteiger partial charge in [0.2, 0.25) is 11.8 Å². The predicted octanol–water partition coefficient (Wildman–Crippen LogP) is 2.61. The van der Waals surface area contributed by atoms with Gasteiger partial charge >= 0.3 is 0 Å². The van der Waals surface area contributed by atoms with Gasteiger partial charge in [-0.2, -0.15) is 0 Å². The lowest BCUT2D eigenvalue weighted by Gasteiger charge is -2.18. The zero-order valence-corrected chi connectivity index (χ0v) is 18.8. The van der Waals surface area contributed by atoms with Gasteiger partial charge in [0.05, 0.1) is 24.1 Å². The highest BCUT2D eigenvalue weighted by Crippen LogP contribution is 2.52. The van der Waals surface area contributed by atoms with E-state index >= 15 is 0 Å². The van der Waals surface area contributed by atoms with E-state index in [-0.39, 0.29) is 35.5 Å². The number of aromatic nitrogens is 1. The van der Waals surface area contributed by atoms with Crippen LogP contribution in [-0.4, -0.2) is 47.3 Å². The van der Waals surface area contributed by atoms with Gasteiger partial charge in [0.15, 0.2) is 5.96 Å². The van der Waals surface area contributed by atoms with Crippen LogP contribution in [0.4, 0.5) is 0 Å². The van der Waals surface area contributed by atoms with Crippen molar-refractivity contribution in [3.8, 4) is 11.3 Å². The fourth-order valence-electron chi connectivity index (χ4n) is 5.35. The number of nitrogens with one attached hydrogen (secondary N) is 2. The minimum atomic E-state index is -0.138. The second-order valence-corrected chi connectivity index (χ2v) is 8.87. The third kappa shape index (κ3) is 4.15. The highest BCUT2D eigenvalue weighted by molar-refractivity contribution is 6.06. The molecule has 0 spiro atoms. The van der Waals surface area contributed by atoms with Crippen molar-refractivity contribution in [2.24, 2.45) is 28.7 Å². The van der Waals surface area contributed by atoms with Crippen LogP contribution in [-0.2, 0) is 16.1 Å². The molecule has 1 saturated heterocycles. The first-order valence-corrected chi connectivity index (χ1v) is 11.7. The van der Waals surface area contributed by atoms with E-state index < -0.39 is 0 Å². The van der Waals surface area contributed by atoms with E-state index in [1.807, 2.05) is 43.3 Å². The summed E-state index contributed by atoms with van der Waals surface area (Å²) in [5.41, 5.74) is 3.07. The Labute approximate surface area is 194 Å². The van der Waals surface area contributed by atoms with Crippen molar-refractivity contribution in [2.75, 3.05) is 19.6 Å². The Kier molecular flexibility index (Phi) is 5.94. The van der Waals surface area contributed by atoms with Crippen LogP contribution in [0.5, 0.6) is 0 Å². The number of carbonyl (C=O) groups excluding carboxylic acids is 2. The number of hydrogen-bond donors (Lipinski definition) is 2. The van der Waals surface area contributed by atoms with Crippen LogP contribution < -0.4 is 10.6 Å². The Hall–Kier alpha value is -3.48. The summed E-state index contributed by atoms with van der Waals surface area (Å²) in [5, 5.41) is 6.51. The largest absolute Gasteiger partial charge is 0.357 e. The van der Waals surface area contributed by atoms with Gasteiger partial charge in [-0.15, -0.1) is 0 Å². The van der Waals surface area contributed by atoms with Gasteiger partial charge < -0.3 is 10.6 Å². The van der Waals surface area contributed by atoms with Gasteiger partial charge in [-0.25, -0.2) is 4.99 Å². The molecule has 1 aromatic carbocycles. The number of likely N-dealkylation sites (tertiary alicyclic amines) is 1. The Morgan fingerprint density at radius 2 is 1.85 bits per heavy atom. The minimum absolute atomic E-state index is 0.00285. The molecule has 2 amide bonds. The van der Waals surface area contributed by atoms with Gasteiger partial charge in [-0.3, -0.25) is 19.5 Å². The summed E-state index contributed by atoms with van der Waals surface area (Å²) in [6, 6.07) is 14.1. The summed E-state index contributed by atoms with van der Waals surface area (Å²) in [7, 11) is 0. The molecule has 7 heteroatoms. The maximum atomic E-state index is 12.8. The lowest BCUT2D eigenvalue weighted by molar-refractivity contribution is -0.140. The normalized spacial score (nSPS) is 25.6. The number of aliphatic imine (C=N–C) groups is 1. The highest BCUT2D eigenvalue weighted by atomic mass is 16.2. The number of guanidine groups is 1. The zero-order chi connectivity index (χ0) is 22.8. The maximum Gasteiger partial charge on any atom is 0.233 e. The number of allylic oxidation sites excluding steroid dienone is 2. The molecule has 33 heavy (non-hydrogen) atoms. The van der Waals surface area contributed by atoms with E-state index in [9.17, 15) is 9.59 Å². The fraction of sp³-hybridized carbons (Fsp3) is 0.385. The average Bonchev–Trinajstić information content (AvgIpc) is 3.53. The number of pyridine rings is 1. The molecular weight excluding hydrogens is 414 g/mol. The van der Waals surface area contributed by atoms with E-state index in [1.54, 1.807) is 6.20 Å². The van der Waals surface area contributed by atoms with Crippen LogP contribution in [0.1, 0.15) is 18.9 Å². The molecule has 2 aromatic rings. The Balaban J connectivity index is 1.19. The van der Waals surface area contributed by atoms with Crippen molar-refractivity contribution < 1.29 is 9.59 Å². The number of hydrogen-bond acceptors (Lipinski definition) is 4. The van der Waals surface area contributed by atoms with Crippen molar-refractivity contribution in [3.63, 3.8) is 0 Å². The van der Waals surface area contributed by atoms with Gasteiger partial charge in [0.25, 0.3) is 0 Å². The number of fused-ring (bicyclic) bond motifs is 5. The molecule has 170 valence electrons. The Morgan fingerprint density at radius 3 is 2.55 bits per heavy atom. The summed E-state index contributed by atoms with van der Waals surface area (Å²) in [5.74, 6) is 0.877. The molecular formula is C26H29N5O2. The molecule has 5 rings (SSSR count). The average molecular weight is 444 g/mol. The molecule has 2 N–H and O–H groups in total. The Morgan fingerprint density at radius 1 is 1.06 bits per heavy atom. The van der Waals surface area contributed by atoms with E-state index in [1.165, 1.54) is 4.90 Å². The molecule has 1 aromatic heterocycles. The smallest absolute Gasteiger partial charge is 0.233 e. The van der Waals surface area contributed by atoms with Crippen LogP contribution in [0.3, 0.4) is 0 Å². The van der Waals surface area contributed by atoms with Gasteiger partial charge in [0.1, 0.15) is 0 Å². The predicted molar refractivity (Wildman–Crippen MR) is 127 cm³/mol. The number of nitrogens with zero attached hydrogens (tertiary/aromatic N) is 3. The van der Waals surface area contributed by atoms with E-state index in [0.29, 0.717) is 25.6 Å². The van der Waals surface area contributed by atoms with Gasteiger partial charge in [-0.05, 0) is 48.9 Å². The van der Waals surface area contributed by atoms with Crippen molar-refractivity contribution in [1.29, 1.82) is 0 Å². The standard InChI is InChI=1S/C26H29N5O2/c1-2-27-26(30-16-17-6-5-7-18(14-17)21-8-3-4-11-28-21)29-12-13-31-24(32)22-19-9-10-20(15-19)23(22)25(31)33/h3-11,14,19-20,22-23H,2,12-13,15-16H2,1H3,(H2,27,29,30). The summed E-state index contributed by atoms with van der Waals surface area (Å²) >= 11 is 0. The Bertz CT molecular complexity index is 1070. The van der Waals surface area contributed by atoms with Crippen LogP contribution in [0, 0.1) is 23.7 Å². The third-order valence-corrected chi connectivity index (χ3v) is 6.84. The molecule has 7 nitrogen and oxygen atoms in total. The van der Waals surface area contributed by atoms with Crippen LogP contribution in [0.2, 0.25) is 0 Å². The molecule has 1 saturated carbocycles. The number of carbonyl (C=O) groups is 2. The topological polar surface area (TPSA) is 86.7 Å². The molecule has 2 heterocycles. The first-order chi connectivity index (χ1) is 16.2. The maximum absolute atomic E-state index is 12.8. The quantitative estimate of drug-likeness (QED) is 0.297. The molecule has 4 atom stereocenters. The van der Waals surface area contributed by atoms with Crippen LogP contribution in [0.25, 0.3) is 11.3 Å². The first kappa shape index (κ1) is 21.4. The van der Waals surface area contributed by atoms with Crippen molar-refractivity contribution in [3.05, 3.63) is 66.4 Å². The van der Waals surface area contributed by atoms with Crippen molar-refractivity contribution >= 4 is 17.8 Å².